The summed E-state index contributed by atoms with van der Waals surface area (Å²) in [7, 11) is 5.07. The molecule has 11 heteroatoms. The quantitative estimate of drug-likeness (QED) is 0.230. The summed E-state index contributed by atoms with van der Waals surface area (Å²) in [5, 5.41) is 6.71. The van der Waals surface area contributed by atoms with E-state index >= 15 is 0 Å². The first-order valence-electron chi connectivity index (χ1n) is 12.2. The first kappa shape index (κ1) is 27.7. The Kier molecular flexibility index (Phi) is 9.46. The van der Waals surface area contributed by atoms with Crippen molar-refractivity contribution in [3.8, 4) is 5.75 Å². The molecule has 0 radical (unpaired) electrons. The highest BCUT2D eigenvalue weighted by molar-refractivity contribution is 6.31. The number of aromatic nitrogens is 2. The normalized spacial score (nSPS) is 13.6. The number of carbonyl (C=O) groups is 1. The lowest BCUT2D eigenvalue weighted by Crippen LogP contribution is -2.31. The van der Waals surface area contributed by atoms with E-state index in [1.165, 1.54) is 24.5 Å². The summed E-state index contributed by atoms with van der Waals surface area (Å²) >= 11 is 5.93. The van der Waals surface area contributed by atoms with Gasteiger partial charge in [-0.15, -0.1) is 0 Å². The maximum absolute atomic E-state index is 13.6. The molecular formula is C27H31ClFN5O4. The van der Waals surface area contributed by atoms with Crippen molar-refractivity contribution >= 4 is 45.6 Å². The fourth-order valence-electron chi connectivity index (χ4n) is 3.69. The molecule has 38 heavy (non-hydrogen) atoms. The fourth-order valence-corrected chi connectivity index (χ4v) is 3.87. The molecule has 0 spiro atoms. The van der Waals surface area contributed by atoms with Crippen molar-refractivity contribution in [1.82, 2.24) is 14.9 Å². The number of nitrogens with zero attached hydrogens (tertiary/aromatic N) is 3. The molecule has 0 unspecified atom stereocenters. The Morgan fingerprint density at radius 1 is 1.24 bits per heavy atom. The van der Waals surface area contributed by atoms with Gasteiger partial charge in [0.1, 0.15) is 23.7 Å². The topological polar surface area (TPSA) is 97.8 Å². The fraction of sp³-hybridized carbons (Fsp3) is 0.370. The molecule has 202 valence electrons. The van der Waals surface area contributed by atoms with Crippen molar-refractivity contribution in [2.75, 3.05) is 51.6 Å². The summed E-state index contributed by atoms with van der Waals surface area (Å²) in [6, 6.07) is 7.87. The maximum atomic E-state index is 13.6. The minimum atomic E-state index is -0.510. The summed E-state index contributed by atoms with van der Waals surface area (Å²) in [5.41, 5.74) is 1.68. The Labute approximate surface area is 225 Å². The predicted molar refractivity (Wildman–Crippen MR) is 146 cm³/mol. The molecule has 1 fully saturated rings. The highest BCUT2D eigenvalue weighted by atomic mass is 35.5. The standard InChI is InChI=1S/C27H31ClFN5O4/c1-34(14-26(36-2)37-3)10-4-5-25(35)33-23-12-19-22(13-24(23)38-15-17-6-7-17)30-16-31-27(19)32-18-8-9-21(29)20(28)11-18/h4-5,8-9,11-13,16-17,26H,6-7,10,14-15H2,1-3H3,(H,33,35)(H,30,31,32)/b5-4+. The van der Waals surface area contributed by atoms with Crippen molar-refractivity contribution in [2.24, 2.45) is 5.92 Å². The van der Waals surface area contributed by atoms with Gasteiger partial charge >= 0.3 is 0 Å². The van der Waals surface area contributed by atoms with Crippen molar-refractivity contribution in [2.45, 2.75) is 19.1 Å². The minimum absolute atomic E-state index is 0.00512. The molecule has 0 atom stereocenters. The lowest BCUT2D eigenvalue weighted by atomic mass is 10.1. The van der Waals surface area contributed by atoms with Crippen LogP contribution in [0.3, 0.4) is 0 Å². The number of benzene rings is 2. The summed E-state index contributed by atoms with van der Waals surface area (Å²) in [5.74, 6) is 0.716. The lowest BCUT2D eigenvalue weighted by Gasteiger charge is -2.20. The van der Waals surface area contributed by atoms with Crippen LogP contribution in [-0.2, 0) is 14.3 Å². The van der Waals surface area contributed by atoms with Crippen LogP contribution in [0.2, 0.25) is 5.02 Å². The Bertz CT molecular complexity index is 1300. The van der Waals surface area contributed by atoms with E-state index in [0.29, 0.717) is 59.5 Å². The molecule has 1 saturated carbocycles. The van der Waals surface area contributed by atoms with Crippen molar-refractivity contribution < 1.29 is 23.4 Å². The first-order chi connectivity index (χ1) is 18.4. The van der Waals surface area contributed by atoms with E-state index in [1.807, 2.05) is 11.9 Å². The van der Waals surface area contributed by atoms with Crippen LogP contribution in [0.4, 0.5) is 21.6 Å². The highest BCUT2D eigenvalue weighted by Gasteiger charge is 2.23. The van der Waals surface area contributed by atoms with Crippen molar-refractivity contribution in [1.29, 1.82) is 0 Å². The van der Waals surface area contributed by atoms with Gasteiger partial charge in [0.05, 0.1) is 22.8 Å². The maximum Gasteiger partial charge on any atom is 0.248 e. The molecule has 4 rings (SSSR count). The minimum Gasteiger partial charge on any atom is -0.491 e. The molecule has 0 saturated heterocycles. The van der Waals surface area contributed by atoms with E-state index in [-0.39, 0.29) is 17.2 Å². The van der Waals surface area contributed by atoms with E-state index in [4.69, 9.17) is 25.8 Å². The van der Waals surface area contributed by atoms with Gasteiger partial charge < -0.3 is 24.8 Å². The molecule has 1 aliphatic rings. The Balaban J connectivity index is 1.54. The second-order valence-corrected chi connectivity index (χ2v) is 9.52. The average Bonchev–Trinajstić information content (AvgIpc) is 3.73. The molecule has 1 aromatic heterocycles. The largest absolute Gasteiger partial charge is 0.491 e. The number of likely N-dealkylation sites (N-methyl/N-ethyl adjacent to an activating group) is 1. The van der Waals surface area contributed by atoms with Crippen LogP contribution in [0.1, 0.15) is 12.8 Å². The molecule has 2 N–H and O–H groups in total. The smallest absolute Gasteiger partial charge is 0.248 e. The SMILES string of the molecule is COC(CN(C)C/C=C/C(=O)Nc1cc2c(Nc3ccc(F)c(Cl)c3)ncnc2cc1OCC1CC1)OC. The number of carbonyl (C=O) groups excluding carboxylic acids is 1. The van der Waals surface area contributed by atoms with Crippen molar-refractivity contribution in [3.05, 3.63) is 59.7 Å². The summed E-state index contributed by atoms with van der Waals surface area (Å²) < 4.78 is 30.1. The number of nitrogens with one attached hydrogen (secondary N) is 2. The van der Waals surface area contributed by atoms with Crippen LogP contribution in [-0.4, -0.2) is 68.0 Å². The Morgan fingerprint density at radius 2 is 2.03 bits per heavy atom. The van der Waals surface area contributed by atoms with Crippen LogP contribution >= 0.6 is 11.6 Å². The summed E-state index contributed by atoms with van der Waals surface area (Å²) in [6.07, 6.45) is 6.58. The van der Waals surface area contributed by atoms with Gasteiger partial charge in [0.25, 0.3) is 0 Å². The summed E-state index contributed by atoms with van der Waals surface area (Å²) in [4.78, 5) is 23.5. The van der Waals surface area contributed by atoms with Crippen molar-refractivity contribution in [3.63, 3.8) is 0 Å². The number of ether oxygens (including phenoxy) is 3. The third-order valence-corrected chi connectivity index (χ3v) is 6.31. The highest BCUT2D eigenvalue weighted by Crippen LogP contribution is 2.36. The van der Waals surface area contributed by atoms with E-state index in [1.54, 1.807) is 38.5 Å². The number of hydrogen-bond donors (Lipinski definition) is 2. The second-order valence-electron chi connectivity index (χ2n) is 9.11. The molecule has 3 aromatic rings. The van der Waals surface area contributed by atoms with Gasteiger partial charge in [-0.3, -0.25) is 9.69 Å². The number of fused-ring (bicyclic) bond motifs is 1. The zero-order chi connectivity index (χ0) is 27.1. The van der Waals surface area contributed by atoms with Gasteiger partial charge in [-0.1, -0.05) is 17.7 Å². The van der Waals surface area contributed by atoms with Crippen LogP contribution in [0.15, 0.2) is 48.8 Å². The molecule has 1 heterocycles. The number of halogens is 2. The van der Waals surface area contributed by atoms with E-state index in [0.717, 1.165) is 12.8 Å². The molecule has 0 aliphatic heterocycles. The number of rotatable bonds is 13. The number of amides is 1. The van der Waals surface area contributed by atoms with E-state index in [2.05, 4.69) is 20.6 Å². The van der Waals surface area contributed by atoms with Gasteiger partial charge in [-0.05, 0) is 50.1 Å². The van der Waals surface area contributed by atoms with Crippen LogP contribution < -0.4 is 15.4 Å². The molecule has 2 aromatic carbocycles. The van der Waals surface area contributed by atoms with Crippen LogP contribution in [0.25, 0.3) is 10.9 Å². The first-order valence-corrected chi connectivity index (χ1v) is 12.6. The molecule has 1 aliphatic carbocycles. The van der Waals surface area contributed by atoms with Gasteiger partial charge in [-0.25, -0.2) is 14.4 Å². The summed E-state index contributed by atoms with van der Waals surface area (Å²) in [6.45, 7) is 1.65. The monoisotopic (exact) mass is 543 g/mol. The third kappa shape index (κ3) is 7.61. The molecule has 9 nitrogen and oxygen atoms in total. The number of methoxy groups -OCH3 is 2. The lowest BCUT2D eigenvalue weighted by molar-refractivity contribution is -0.112. The predicted octanol–water partition coefficient (Wildman–Crippen LogP) is 5.00. The Hall–Kier alpha value is -3.31. The number of anilines is 3. The second kappa shape index (κ2) is 13.0. The number of hydrogen-bond acceptors (Lipinski definition) is 8. The average molecular weight is 544 g/mol. The molecular weight excluding hydrogens is 513 g/mol. The van der Waals surface area contributed by atoms with Gasteiger partial charge in [-0.2, -0.15) is 0 Å². The van der Waals surface area contributed by atoms with E-state index in [9.17, 15) is 9.18 Å². The van der Waals surface area contributed by atoms with Crippen LogP contribution in [0.5, 0.6) is 5.75 Å². The third-order valence-electron chi connectivity index (χ3n) is 6.02. The van der Waals surface area contributed by atoms with Gasteiger partial charge in [0.15, 0.2) is 6.29 Å². The zero-order valence-electron chi connectivity index (χ0n) is 21.5. The Morgan fingerprint density at radius 3 is 2.74 bits per heavy atom. The molecule has 1 amide bonds. The van der Waals surface area contributed by atoms with Gasteiger partial charge in [0, 0.05) is 50.5 Å². The van der Waals surface area contributed by atoms with Crippen LogP contribution in [0, 0.1) is 11.7 Å². The van der Waals surface area contributed by atoms with E-state index < -0.39 is 5.82 Å². The molecule has 0 bridgehead atoms. The zero-order valence-corrected chi connectivity index (χ0v) is 22.3. The van der Waals surface area contributed by atoms with Gasteiger partial charge in [0.2, 0.25) is 5.91 Å².